The quantitative estimate of drug-likeness (QED) is 0.775. The number of hydrogen-bond acceptors (Lipinski definition) is 2. The highest BCUT2D eigenvalue weighted by molar-refractivity contribution is 4.87. The summed E-state index contributed by atoms with van der Waals surface area (Å²) in [5.74, 6) is 0.983. The summed E-state index contributed by atoms with van der Waals surface area (Å²) in [6.45, 7) is 3.91. The standard InChI is InChI=1S/C13H25NO/c1-2-11-5-7-12(8-6-11)14-9-3-4-13(14)10-15/h11-13,15H,2-10H2,1H3/t11?,12?,13-/m1/s1. The lowest BCUT2D eigenvalue weighted by Crippen LogP contribution is -2.42. The number of aliphatic hydroxyl groups excluding tert-OH is 1. The van der Waals surface area contributed by atoms with E-state index in [4.69, 9.17) is 0 Å². The number of rotatable bonds is 3. The van der Waals surface area contributed by atoms with Crippen LogP contribution < -0.4 is 0 Å². The van der Waals surface area contributed by atoms with Gasteiger partial charge in [-0.3, -0.25) is 4.90 Å². The van der Waals surface area contributed by atoms with E-state index in [1.807, 2.05) is 0 Å². The van der Waals surface area contributed by atoms with E-state index in [1.165, 1.54) is 51.5 Å². The third-order valence-electron chi connectivity index (χ3n) is 4.50. The van der Waals surface area contributed by atoms with Gasteiger partial charge in [0.15, 0.2) is 0 Å². The Kier molecular flexibility index (Phi) is 4.04. The summed E-state index contributed by atoms with van der Waals surface area (Å²) in [7, 11) is 0. The van der Waals surface area contributed by atoms with Crippen LogP contribution in [0.15, 0.2) is 0 Å². The molecule has 1 saturated heterocycles. The van der Waals surface area contributed by atoms with Gasteiger partial charge in [-0.15, -0.1) is 0 Å². The Labute approximate surface area is 93.7 Å². The maximum Gasteiger partial charge on any atom is 0.0586 e. The predicted molar refractivity (Wildman–Crippen MR) is 62.9 cm³/mol. The van der Waals surface area contributed by atoms with E-state index in [-0.39, 0.29) is 0 Å². The van der Waals surface area contributed by atoms with Crippen LogP contribution in [0.4, 0.5) is 0 Å². The van der Waals surface area contributed by atoms with E-state index in [0.29, 0.717) is 12.6 Å². The average molecular weight is 211 g/mol. The maximum atomic E-state index is 9.32. The molecule has 0 radical (unpaired) electrons. The summed E-state index contributed by atoms with van der Waals surface area (Å²) >= 11 is 0. The molecule has 1 aliphatic carbocycles. The summed E-state index contributed by atoms with van der Waals surface area (Å²) in [6.07, 6.45) is 9.43. The van der Waals surface area contributed by atoms with Crippen molar-refractivity contribution in [2.45, 2.75) is 64.0 Å². The van der Waals surface area contributed by atoms with Gasteiger partial charge in [-0.2, -0.15) is 0 Å². The zero-order valence-electron chi connectivity index (χ0n) is 9.99. The van der Waals surface area contributed by atoms with E-state index in [2.05, 4.69) is 11.8 Å². The molecule has 0 aromatic carbocycles. The van der Waals surface area contributed by atoms with Crippen molar-refractivity contribution in [3.05, 3.63) is 0 Å². The van der Waals surface area contributed by atoms with E-state index >= 15 is 0 Å². The number of hydrogen-bond donors (Lipinski definition) is 1. The monoisotopic (exact) mass is 211 g/mol. The lowest BCUT2D eigenvalue weighted by molar-refractivity contribution is 0.0870. The zero-order valence-corrected chi connectivity index (χ0v) is 9.99. The fourth-order valence-corrected chi connectivity index (χ4v) is 3.42. The third kappa shape index (κ3) is 2.54. The largest absolute Gasteiger partial charge is 0.395 e. The number of aliphatic hydroxyl groups is 1. The van der Waals surface area contributed by atoms with E-state index in [0.717, 1.165) is 12.0 Å². The molecule has 88 valence electrons. The summed E-state index contributed by atoms with van der Waals surface area (Å²) in [4.78, 5) is 2.59. The second-order valence-corrected chi connectivity index (χ2v) is 5.30. The lowest BCUT2D eigenvalue weighted by atomic mass is 9.84. The summed E-state index contributed by atoms with van der Waals surface area (Å²) in [5.41, 5.74) is 0. The van der Waals surface area contributed by atoms with Crippen molar-refractivity contribution in [2.75, 3.05) is 13.2 Å². The van der Waals surface area contributed by atoms with Crippen LogP contribution in [-0.2, 0) is 0 Å². The molecule has 1 atom stereocenters. The molecule has 0 bridgehead atoms. The number of likely N-dealkylation sites (tertiary alicyclic amines) is 1. The fraction of sp³-hybridized carbons (Fsp3) is 1.00. The Morgan fingerprint density at radius 1 is 1.13 bits per heavy atom. The first kappa shape index (κ1) is 11.4. The second kappa shape index (κ2) is 5.31. The molecular formula is C13H25NO. The summed E-state index contributed by atoms with van der Waals surface area (Å²) in [6, 6.07) is 1.26. The zero-order chi connectivity index (χ0) is 10.7. The van der Waals surface area contributed by atoms with Crippen LogP contribution in [0, 0.1) is 5.92 Å². The van der Waals surface area contributed by atoms with Crippen molar-refractivity contribution >= 4 is 0 Å². The molecule has 2 heteroatoms. The maximum absolute atomic E-state index is 9.32. The Bertz CT molecular complexity index is 187. The molecular weight excluding hydrogens is 186 g/mol. The molecule has 1 aliphatic heterocycles. The van der Waals surface area contributed by atoms with Gasteiger partial charge in [0.25, 0.3) is 0 Å². The average Bonchev–Trinajstić information content (AvgIpc) is 2.77. The minimum Gasteiger partial charge on any atom is -0.395 e. The first-order valence-corrected chi connectivity index (χ1v) is 6.71. The molecule has 15 heavy (non-hydrogen) atoms. The normalized spacial score (nSPS) is 38.4. The van der Waals surface area contributed by atoms with Gasteiger partial charge in [0, 0.05) is 12.1 Å². The van der Waals surface area contributed by atoms with Gasteiger partial charge >= 0.3 is 0 Å². The van der Waals surface area contributed by atoms with Gasteiger partial charge in [-0.05, 0) is 51.0 Å². The van der Waals surface area contributed by atoms with Gasteiger partial charge in [0.2, 0.25) is 0 Å². The number of nitrogens with zero attached hydrogens (tertiary/aromatic N) is 1. The highest BCUT2D eigenvalue weighted by Gasteiger charge is 2.32. The van der Waals surface area contributed by atoms with Gasteiger partial charge < -0.3 is 5.11 Å². The molecule has 2 fully saturated rings. The topological polar surface area (TPSA) is 23.5 Å². The second-order valence-electron chi connectivity index (χ2n) is 5.30. The van der Waals surface area contributed by atoms with Crippen molar-refractivity contribution in [1.29, 1.82) is 0 Å². The van der Waals surface area contributed by atoms with Crippen molar-refractivity contribution in [1.82, 2.24) is 4.90 Å². The highest BCUT2D eigenvalue weighted by Crippen LogP contribution is 2.32. The first-order valence-electron chi connectivity index (χ1n) is 6.71. The Hall–Kier alpha value is -0.0800. The molecule has 0 aromatic heterocycles. The minimum atomic E-state index is 0.369. The van der Waals surface area contributed by atoms with Gasteiger partial charge in [0.05, 0.1) is 6.61 Å². The van der Waals surface area contributed by atoms with Crippen molar-refractivity contribution in [2.24, 2.45) is 5.92 Å². The first-order chi connectivity index (χ1) is 7.35. The molecule has 0 spiro atoms. The summed E-state index contributed by atoms with van der Waals surface area (Å²) < 4.78 is 0. The van der Waals surface area contributed by atoms with Crippen molar-refractivity contribution in [3.63, 3.8) is 0 Å². The van der Waals surface area contributed by atoms with Crippen LogP contribution in [0.1, 0.15) is 51.9 Å². The van der Waals surface area contributed by atoms with Crippen molar-refractivity contribution in [3.8, 4) is 0 Å². The summed E-state index contributed by atoms with van der Waals surface area (Å²) in [5, 5.41) is 9.32. The van der Waals surface area contributed by atoms with Crippen LogP contribution in [0.5, 0.6) is 0 Å². The van der Waals surface area contributed by atoms with Crippen LogP contribution in [0.2, 0.25) is 0 Å². The van der Waals surface area contributed by atoms with Crippen molar-refractivity contribution < 1.29 is 5.11 Å². The molecule has 2 nitrogen and oxygen atoms in total. The molecule has 1 N–H and O–H groups in total. The molecule has 0 amide bonds. The Morgan fingerprint density at radius 2 is 1.87 bits per heavy atom. The predicted octanol–water partition coefficient (Wildman–Crippen LogP) is 2.41. The molecule has 1 saturated carbocycles. The minimum absolute atomic E-state index is 0.369. The van der Waals surface area contributed by atoms with Crippen LogP contribution >= 0.6 is 0 Å². The lowest BCUT2D eigenvalue weighted by Gasteiger charge is -2.37. The molecule has 1 heterocycles. The van der Waals surface area contributed by atoms with Crippen LogP contribution in [0.3, 0.4) is 0 Å². The molecule has 0 unspecified atom stereocenters. The molecule has 2 aliphatic rings. The van der Waals surface area contributed by atoms with Gasteiger partial charge in [-0.1, -0.05) is 13.3 Å². The van der Waals surface area contributed by atoms with Gasteiger partial charge in [-0.25, -0.2) is 0 Å². The van der Waals surface area contributed by atoms with Crippen LogP contribution in [-0.4, -0.2) is 35.2 Å². The Morgan fingerprint density at radius 3 is 2.47 bits per heavy atom. The smallest absolute Gasteiger partial charge is 0.0586 e. The third-order valence-corrected chi connectivity index (χ3v) is 4.50. The molecule has 2 rings (SSSR count). The highest BCUT2D eigenvalue weighted by atomic mass is 16.3. The molecule has 0 aromatic rings. The van der Waals surface area contributed by atoms with E-state index in [1.54, 1.807) is 0 Å². The fourth-order valence-electron chi connectivity index (χ4n) is 3.42. The van der Waals surface area contributed by atoms with E-state index in [9.17, 15) is 5.11 Å². The Balaban J connectivity index is 1.84. The van der Waals surface area contributed by atoms with Crippen LogP contribution in [0.25, 0.3) is 0 Å². The van der Waals surface area contributed by atoms with E-state index < -0.39 is 0 Å². The van der Waals surface area contributed by atoms with Gasteiger partial charge in [0.1, 0.15) is 0 Å². The SMILES string of the molecule is CCC1CCC(N2CCC[C@@H]2CO)CC1.